The molecule has 2 aromatic carbocycles. The molecule has 1 atom stereocenters. The van der Waals surface area contributed by atoms with Crippen LogP contribution in [0.15, 0.2) is 48.5 Å². The Kier molecular flexibility index (Phi) is 6.29. The second-order valence-corrected chi connectivity index (χ2v) is 5.67. The average molecular weight is 353 g/mol. The van der Waals surface area contributed by atoms with Gasteiger partial charge in [-0.2, -0.15) is 0 Å². The molecule has 0 saturated carbocycles. The summed E-state index contributed by atoms with van der Waals surface area (Å²) >= 11 is 0. The van der Waals surface area contributed by atoms with Gasteiger partial charge in [-0.05, 0) is 35.4 Å². The lowest BCUT2D eigenvalue weighted by Crippen LogP contribution is -2.49. The van der Waals surface area contributed by atoms with Crippen LogP contribution in [0.25, 0.3) is 0 Å². The molecule has 1 aliphatic heterocycles. The molecule has 0 aliphatic carbocycles. The fourth-order valence-electron chi connectivity index (χ4n) is 2.89. The molecule has 0 radical (unpaired) electrons. The number of benzene rings is 2. The summed E-state index contributed by atoms with van der Waals surface area (Å²) in [6.45, 7) is 1.88. The summed E-state index contributed by atoms with van der Waals surface area (Å²) < 4.78 is 26.4. The van der Waals surface area contributed by atoms with Crippen LogP contribution in [0.1, 0.15) is 17.2 Å². The molecular formula is C18H19ClF2N2O. The van der Waals surface area contributed by atoms with E-state index in [0.29, 0.717) is 19.6 Å². The molecular weight excluding hydrogens is 334 g/mol. The predicted octanol–water partition coefficient (Wildman–Crippen LogP) is 3.10. The first-order chi connectivity index (χ1) is 11.1. The van der Waals surface area contributed by atoms with Gasteiger partial charge in [-0.25, -0.2) is 8.78 Å². The molecule has 0 spiro atoms. The van der Waals surface area contributed by atoms with Crippen LogP contribution in [0.3, 0.4) is 0 Å². The SMILES string of the molecule is Cl.O=C(Cc1ccc(F)cc1)N1CCNCC1c1cccc(F)c1. The number of hydrogen-bond donors (Lipinski definition) is 1. The maximum atomic E-state index is 13.5. The van der Waals surface area contributed by atoms with E-state index in [1.54, 1.807) is 23.1 Å². The minimum atomic E-state index is -0.319. The van der Waals surface area contributed by atoms with Gasteiger partial charge < -0.3 is 10.2 Å². The van der Waals surface area contributed by atoms with Gasteiger partial charge in [0.25, 0.3) is 0 Å². The van der Waals surface area contributed by atoms with E-state index in [2.05, 4.69) is 5.32 Å². The number of nitrogens with zero attached hydrogens (tertiary/aromatic N) is 1. The Bertz CT molecular complexity index is 694. The lowest BCUT2D eigenvalue weighted by atomic mass is 10.0. The van der Waals surface area contributed by atoms with E-state index in [-0.39, 0.29) is 42.4 Å². The zero-order valence-corrected chi connectivity index (χ0v) is 13.9. The quantitative estimate of drug-likeness (QED) is 0.920. The molecule has 1 heterocycles. The molecule has 0 bridgehead atoms. The minimum absolute atomic E-state index is 0. The lowest BCUT2D eigenvalue weighted by Gasteiger charge is -2.36. The van der Waals surface area contributed by atoms with E-state index in [0.717, 1.165) is 11.1 Å². The van der Waals surface area contributed by atoms with Crippen LogP contribution in [0.5, 0.6) is 0 Å². The lowest BCUT2D eigenvalue weighted by molar-refractivity contribution is -0.133. The van der Waals surface area contributed by atoms with Crippen LogP contribution in [0.4, 0.5) is 8.78 Å². The normalized spacial score (nSPS) is 17.2. The van der Waals surface area contributed by atoms with Gasteiger partial charge in [-0.15, -0.1) is 12.4 Å². The van der Waals surface area contributed by atoms with Crippen molar-refractivity contribution in [2.24, 2.45) is 0 Å². The molecule has 0 aromatic heterocycles. The highest BCUT2D eigenvalue weighted by Gasteiger charge is 2.27. The van der Waals surface area contributed by atoms with Gasteiger partial charge >= 0.3 is 0 Å². The summed E-state index contributed by atoms with van der Waals surface area (Å²) in [6, 6.07) is 12.1. The first-order valence-electron chi connectivity index (χ1n) is 7.63. The smallest absolute Gasteiger partial charge is 0.227 e. The zero-order valence-electron chi connectivity index (χ0n) is 13.0. The summed E-state index contributed by atoms with van der Waals surface area (Å²) in [5.74, 6) is -0.660. The number of rotatable bonds is 3. The van der Waals surface area contributed by atoms with E-state index < -0.39 is 0 Å². The van der Waals surface area contributed by atoms with E-state index in [1.165, 1.54) is 24.3 Å². The third kappa shape index (κ3) is 4.30. The number of halogens is 3. The van der Waals surface area contributed by atoms with Gasteiger partial charge in [-0.3, -0.25) is 4.79 Å². The Morgan fingerprint density at radius 3 is 2.58 bits per heavy atom. The highest BCUT2D eigenvalue weighted by molar-refractivity contribution is 5.85. The highest BCUT2D eigenvalue weighted by Crippen LogP contribution is 2.23. The van der Waals surface area contributed by atoms with E-state index in [4.69, 9.17) is 0 Å². The number of carbonyl (C=O) groups is 1. The molecule has 1 saturated heterocycles. The van der Waals surface area contributed by atoms with Crippen LogP contribution < -0.4 is 5.32 Å². The number of amides is 1. The topological polar surface area (TPSA) is 32.3 Å². The Morgan fingerprint density at radius 1 is 1.12 bits per heavy atom. The van der Waals surface area contributed by atoms with E-state index in [9.17, 15) is 13.6 Å². The molecule has 2 aromatic rings. The van der Waals surface area contributed by atoms with Gasteiger partial charge in [0.15, 0.2) is 0 Å². The van der Waals surface area contributed by atoms with Crippen molar-refractivity contribution in [1.29, 1.82) is 0 Å². The maximum absolute atomic E-state index is 13.5. The van der Waals surface area contributed by atoms with Gasteiger partial charge in [0.2, 0.25) is 5.91 Å². The van der Waals surface area contributed by atoms with Crippen LogP contribution >= 0.6 is 12.4 Å². The Morgan fingerprint density at radius 2 is 1.88 bits per heavy atom. The number of nitrogens with one attached hydrogen (secondary N) is 1. The number of piperazine rings is 1. The van der Waals surface area contributed by atoms with Crippen molar-refractivity contribution in [1.82, 2.24) is 10.2 Å². The first-order valence-corrected chi connectivity index (χ1v) is 7.63. The summed E-state index contributed by atoms with van der Waals surface area (Å²) in [7, 11) is 0. The molecule has 3 nitrogen and oxygen atoms in total. The summed E-state index contributed by atoms with van der Waals surface area (Å²) in [6.07, 6.45) is 0.214. The third-order valence-electron chi connectivity index (χ3n) is 4.07. The van der Waals surface area contributed by atoms with E-state index in [1.807, 2.05) is 6.07 Å². The Hall–Kier alpha value is -1.98. The average Bonchev–Trinajstić information content (AvgIpc) is 2.57. The summed E-state index contributed by atoms with van der Waals surface area (Å²) in [4.78, 5) is 14.4. The molecule has 128 valence electrons. The zero-order chi connectivity index (χ0) is 16.2. The molecule has 6 heteroatoms. The third-order valence-corrected chi connectivity index (χ3v) is 4.07. The molecule has 24 heavy (non-hydrogen) atoms. The fraction of sp³-hybridized carbons (Fsp3) is 0.278. The van der Waals surface area contributed by atoms with Gasteiger partial charge in [0, 0.05) is 19.6 Å². The fourth-order valence-corrected chi connectivity index (χ4v) is 2.89. The first kappa shape index (κ1) is 18.4. The monoisotopic (exact) mass is 352 g/mol. The molecule has 1 N–H and O–H groups in total. The highest BCUT2D eigenvalue weighted by atomic mass is 35.5. The Balaban J connectivity index is 0.00000208. The second kappa shape index (κ2) is 8.22. The van der Waals surface area contributed by atoms with Crippen molar-refractivity contribution in [3.8, 4) is 0 Å². The largest absolute Gasteiger partial charge is 0.333 e. The van der Waals surface area contributed by atoms with Crippen molar-refractivity contribution in [2.45, 2.75) is 12.5 Å². The molecule has 1 unspecified atom stereocenters. The van der Waals surface area contributed by atoms with Gasteiger partial charge in [0.1, 0.15) is 11.6 Å². The molecule has 1 fully saturated rings. The maximum Gasteiger partial charge on any atom is 0.227 e. The van der Waals surface area contributed by atoms with Crippen LogP contribution in [-0.4, -0.2) is 30.4 Å². The molecule has 3 rings (SSSR count). The van der Waals surface area contributed by atoms with Gasteiger partial charge in [0.05, 0.1) is 12.5 Å². The van der Waals surface area contributed by atoms with Crippen molar-refractivity contribution in [3.63, 3.8) is 0 Å². The van der Waals surface area contributed by atoms with Gasteiger partial charge in [-0.1, -0.05) is 24.3 Å². The van der Waals surface area contributed by atoms with E-state index >= 15 is 0 Å². The number of carbonyl (C=O) groups excluding carboxylic acids is 1. The van der Waals surface area contributed by atoms with Crippen LogP contribution in [0, 0.1) is 11.6 Å². The minimum Gasteiger partial charge on any atom is -0.333 e. The van der Waals surface area contributed by atoms with Crippen LogP contribution in [0.2, 0.25) is 0 Å². The van der Waals surface area contributed by atoms with Crippen molar-refractivity contribution in [3.05, 3.63) is 71.3 Å². The number of hydrogen-bond acceptors (Lipinski definition) is 2. The van der Waals surface area contributed by atoms with Crippen molar-refractivity contribution < 1.29 is 13.6 Å². The van der Waals surface area contributed by atoms with Crippen molar-refractivity contribution in [2.75, 3.05) is 19.6 Å². The second-order valence-electron chi connectivity index (χ2n) is 5.67. The standard InChI is InChI=1S/C18H18F2N2O.ClH/c19-15-6-4-13(5-7-15)10-18(23)22-9-8-21-12-17(22)14-2-1-3-16(20)11-14;/h1-7,11,17,21H,8-10,12H2;1H. The molecule has 1 aliphatic rings. The summed E-state index contributed by atoms with van der Waals surface area (Å²) in [5, 5.41) is 3.24. The predicted molar refractivity (Wildman–Crippen MR) is 91.1 cm³/mol. The van der Waals surface area contributed by atoms with Crippen molar-refractivity contribution >= 4 is 18.3 Å². The molecule has 1 amide bonds. The Labute approximate surface area is 146 Å². The van der Waals surface area contributed by atoms with Crippen LogP contribution in [-0.2, 0) is 11.2 Å². The summed E-state index contributed by atoms with van der Waals surface area (Å²) in [5.41, 5.74) is 1.55.